The molecule has 24 heavy (non-hydrogen) atoms. The number of sulfonamides is 1. The number of rotatable bonds is 4. The number of aryl methyl sites for hydroxylation is 1. The van der Waals surface area contributed by atoms with Gasteiger partial charge < -0.3 is 4.74 Å². The normalized spacial score (nSPS) is 16.1. The molecule has 1 fully saturated rings. The van der Waals surface area contributed by atoms with Crippen LogP contribution in [0.3, 0.4) is 0 Å². The first-order valence-electron chi connectivity index (χ1n) is 7.91. The van der Waals surface area contributed by atoms with E-state index in [1.165, 1.54) is 4.31 Å². The lowest BCUT2D eigenvalue weighted by atomic mass is 10.1. The van der Waals surface area contributed by atoms with Crippen LogP contribution in [0.25, 0.3) is 0 Å². The molecule has 6 heteroatoms. The Hall–Kier alpha value is -2.34. The monoisotopic (exact) mass is 345 g/mol. The van der Waals surface area contributed by atoms with Crippen LogP contribution in [-0.4, -0.2) is 26.7 Å². The van der Waals surface area contributed by atoms with Crippen LogP contribution in [0, 0.1) is 0 Å². The number of anilines is 1. The van der Waals surface area contributed by atoms with Gasteiger partial charge >= 0.3 is 5.97 Å². The molecular weight excluding hydrogens is 326 g/mol. The van der Waals surface area contributed by atoms with Crippen LogP contribution >= 0.6 is 0 Å². The van der Waals surface area contributed by atoms with Crippen molar-refractivity contribution in [3.8, 4) is 5.75 Å². The molecule has 0 N–H and O–H groups in total. The molecule has 0 unspecified atom stereocenters. The highest BCUT2D eigenvalue weighted by Gasteiger charge is 2.28. The maximum atomic E-state index is 12.3. The fourth-order valence-electron chi connectivity index (χ4n) is 2.68. The van der Waals surface area contributed by atoms with Crippen LogP contribution < -0.4 is 9.04 Å². The van der Waals surface area contributed by atoms with E-state index in [1.54, 1.807) is 36.4 Å². The summed E-state index contributed by atoms with van der Waals surface area (Å²) in [4.78, 5) is 12.3. The van der Waals surface area contributed by atoms with Gasteiger partial charge in [-0.25, -0.2) is 13.2 Å². The molecule has 0 aliphatic carbocycles. The highest BCUT2D eigenvalue weighted by molar-refractivity contribution is 7.93. The molecule has 0 spiro atoms. The van der Waals surface area contributed by atoms with Gasteiger partial charge in [-0.1, -0.05) is 25.1 Å². The Bertz CT molecular complexity index is 844. The lowest BCUT2D eigenvalue weighted by Crippen LogP contribution is -2.25. The van der Waals surface area contributed by atoms with Crippen molar-refractivity contribution in [2.45, 2.75) is 19.8 Å². The molecule has 1 heterocycles. The third-order valence-corrected chi connectivity index (χ3v) is 5.88. The minimum atomic E-state index is -3.27. The molecule has 0 radical (unpaired) electrons. The van der Waals surface area contributed by atoms with Gasteiger partial charge in [-0.3, -0.25) is 4.31 Å². The summed E-state index contributed by atoms with van der Waals surface area (Å²) in [6.07, 6.45) is 1.52. The number of carbonyl (C=O) groups is 1. The number of hydrogen-bond donors (Lipinski definition) is 0. The maximum absolute atomic E-state index is 12.3. The highest BCUT2D eigenvalue weighted by atomic mass is 32.2. The van der Waals surface area contributed by atoms with Crippen LogP contribution in [0.15, 0.2) is 48.5 Å². The summed E-state index contributed by atoms with van der Waals surface area (Å²) in [6.45, 7) is 2.50. The van der Waals surface area contributed by atoms with Crippen molar-refractivity contribution in [3.05, 3.63) is 59.7 Å². The maximum Gasteiger partial charge on any atom is 0.343 e. The van der Waals surface area contributed by atoms with Gasteiger partial charge in [-0.05, 0) is 48.7 Å². The van der Waals surface area contributed by atoms with E-state index in [0.717, 1.165) is 12.0 Å². The zero-order valence-electron chi connectivity index (χ0n) is 13.4. The average Bonchev–Trinajstić information content (AvgIpc) is 2.95. The molecule has 0 atom stereocenters. The first-order valence-corrected chi connectivity index (χ1v) is 9.52. The van der Waals surface area contributed by atoms with E-state index < -0.39 is 16.0 Å². The van der Waals surface area contributed by atoms with E-state index in [-0.39, 0.29) is 5.75 Å². The SMILES string of the molecule is CCc1ccc(OC(=O)c2cccc(N3CCCS3(=O)=O)c2)cc1. The van der Waals surface area contributed by atoms with Gasteiger partial charge in [0.2, 0.25) is 10.0 Å². The second kappa shape index (κ2) is 6.65. The van der Waals surface area contributed by atoms with Crippen molar-refractivity contribution < 1.29 is 17.9 Å². The van der Waals surface area contributed by atoms with Crippen LogP contribution in [0.4, 0.5) is 5.69 Å². The molecule has 0 aromatic heterocycles. The number of carbonyl (C=O) groups excluding carboxylic acids is 1. The lowest BCUT2D eigenvalue weighted by Gasteiger charge is -2.17. The summed E-state index contributed by atoms with van der Waals surface area (Å²) < 4.78 is 30.7. The molecule has 0 amide bonds. The molecule has 126 valence electrons. The smallest absolute Gasteiger partial charge is 0.343 e. The van der Waals surface area contributed by atoms with Gasteiger partial charge in [0.1, 0.15) is 5.75 Å². The Morgan fingerprint density at radius 3 is 2.54 bits per heavy atom. The van der Waals surface area contributed by atoms with Gasteiger partial charge in [0.25, 0.3) is 0 Å². The number of ether oxygens (including phenoxy) is 1. The van der Waals surface area contributed by atoms with Crippen molar-refractivity contribution in [1.29, 1.82) is 0 Å². The summed E-state index contributed by atoms with van der Waals surface area (Å²) in [5.41, 5.74) is 1.99. The van der Waals surface area contributed by atoms with Gasteiger partial charge in [-0.2, -0.15) is 0 Å². The predicted molar refractivity (Wildman–Crippen MR) is 93.0 cm³/mol. The second-order valence-corrected chi connectivity index (χ2v) is 7.69. The van der Waals surface area contributed by atoms with Gasteiger partial charge in [0.15, 0.2) is 0 Å². The molecule has 1 aliphatic heterocycles. The van der Waals surface area contributed by atoms with E-state index in [9.17, 15) is 13.2 Å². The Morgan fingerprint density at radius 1 is 1.17 bits per heavy atom. The molecular formula is C18H19NO4S. The van der Waals surface area contributed by atoms with Gasteiger partial charge in [-0.15, -0.1) is 0 Å². The first-order chi connectivity index (χ1) is 11.5. The largest absolute Gasteiger partial charge is 0.423 e. The zero-order chi connectivity index (χ0) is 17.2. The Balaban J connectivity index is 1.79. The summed E-state index contributed by atoms with van der Waals surface area (Å²) >= 11 is 0. The second-order valence-electron chi connectivity index (χ2n) is 5.68. The van der Waals surface area contributed by atoms with Crippen molar-refractivity contribution >= 4 is 21.7 Å². The highest BCUT2D eigenvalue weighted by Crippen LogP contribution is 2.25. The van der Waals surface area contributed by atoms with E-state index in [2.05, 4.69) is 6.92 Å². The summed E-state index contributed by atoms with van der Waals surface area (Å²) in [7, 11) is -3.27. The third kappa shape index (κ3) is 3.43. The topological polar surface area (TPSA) is 63.7 Å². The van der Waals surface area contributed by atoms with Gasteiger partial charge in [0.05, 0.1) is 17.0 Å². The zero-order valence-corrected chi connectivity index (χ0v) is 14.3. The summed E-state index contributed by atoms with van der Waals surface area (Å²) in [6, 6.07) is 13.9. The molecule has 2 aromatic carbocycles. The molecule has 2 aromatic rings. The van der Waals surface area contributed by atoms with Gasteiger partial charge in [0, 0.05) is 6.54 Å². The quantitative estimate of drug-likeness (QED) is 0.631. The fraction of sp³-hybridized carbons (Fsp3) is 0.278. The van der Waals surface area contributed by atoms with Crippen molar-refractivity contribution in [2.75, 3.05) is 16.6 Å². The minimum absolute atomic E-state index is 0.144. The molecule has 0 saturated carbocycles. The Kier molecular flexibility index (Phi) is 4.57. The molecule has 1 saturated heterocycles. The number of benzene rings is 2. The number of nitrogens with zero attached hydrogens (tertiary/aromatic N) is 1. The van der Waals surface area contributed by atoms with E-state index >= 15 is 0 Å². The summed E-state index contributed by atoms with van der Waals surface area (Å²) in [5.74, 6) is 0.111. The lowest BCUT2D eigenvalue weighted by molar-refractivity contribution is 0.0734. The first kappa shape index (κ1) is 16.5. The van der Waals surface area contributed by atoms with Crippen LogP contribution in [0.5, 0.6) is 5.75 Å². The Labute approximate surface area is 141 Å². The minimum Gasteiger partial charge on any atom is -0.423 e. The predicted octanol–water partition coefficient (Wildman–Crippen LogP) is 3.01. The number of hydrogen-bond acceptors (Lipinski definition) is 4. The van der Waals surface area contributed by atoms with Crippen LogP contribution in [0.2, 0.25) is 0 Å². The van der Waals surface area contributed by atoms with Crippen molar-refractivity contribution in [3.63, 3.8) is 0 Å². The van der Waals surface area contributed by atoms with E-state index in [0.29, 0.717) is 30.0 Å². The molecule has 5 nitrogen and oxygen atoms in total. The number of esters is 1. The average molecular weight is 345 g/mol. The standard InChI is InChI=1S/C18H19NO4S/c1-2-14-7-9-17(10-8-14)23-18(20)15-5-3-6-16(13-15)19-11-4-12-24(19,21)22/h3,5-10,13H,2,4,11-12H2,1H3. The fourth-order valence-corrected chi connectivity index (χ4v) is 4.23. The van der Waals surface area contributed by atoms with Crippen LogP contribution in [-0.2, 0) is 16.4 Å². The summed E-state index contributed by atoms with van der Waals surface area (Å²) in [5, 5.41) is 0. The van der Waals surface area contributed by atoms with Crippen molar-refractivity contribution in [1.82, 2.24) is 0 Å². The van der Waals surface area contributed by atoms with E-state index in [4.69, 9.17) is 4.74 Å². The molecule has 1 aliphatic rings. The van der Waals surface area contributed by atoms with E-state index in [1.807, 2.05) is 12.1 Å². The molecule has 0 bridgehead atoms. The van der Waals surface area contributed by atoms with Crippen LogP contribution in [0.1, 0.15) is 29.3 Å². The molecule has 3 rings (SSSR count). The third-order valence-electron chi connectivity index (χ3n) is 4.01. The Morgan fingerprint density at radius 2 is 1.92 bits per heavy atom. The van der Waals surface area contributed by atoms with Crippen molar-refractivity contribution in [2.24, 2.45) is 0 Å².